The predicted molar refractivity (Wildman–Crippen MR) is 74.1 cm³/mol. The summed E-state index contributed by atoms with van der Waals surface area (Å²) in [4.78, 5) is 16.0. The lowest BCUT2D eigenvalue weighted by molar-refractivity contribution is 0.102. The topological polar surface area (TPSA) is 70.7 Å². The molecule has 100 valence electrons. The zero-order valence-corrected chi connectivity index (χ0v) is 11.2. The third kappa shape index (κ3) is 3.64. The van der Waals surface area contributed by atoms with E-state index in [1.165, 1.54) is 0 Å². The molecule has 0 atom stereocenters. The fourth-order valence-corrected chi connectivity index (χ4v) is 1.79. The van der Waals surface area contributed by atoms with Crippen LogP contribution in [0.4, 0.5) is 5.82 Å². The number of amides is 1. The molecule has 0 spiro atoms. The van der Waals surface area contributed by atoms with Crippen LogP contribution in [0.3, 0.4) is 0 Å². The minimum Gasteiger partial charge on any atom is -0.305 e. The smallest absolute Gasteiger partial charge is 0.258 e. The van der Waals surface area contributed by atoms with Gasteiger partial charge in [0.05, 0.1) is 5.56 Å². The number of carbonyl (C=O) groups is 1. The molecule has 2 N–H and O–H groups in total. The molecule has 0 fully saturated rings. The van der Waals surface area contributed by atoms with Crippen molar-refractivity contribution in [2.45, 2.75) is 33.1 Å². The van der Waals surface area contributed by atoms with Crippen LogP contribution in [0.1, 0.15) is 41.4 Å². The van der Waals surface area contributed by atoms with Gasteiger partial charge >= 0.3 is 0 Å². The molecule has 0 aliphatic carbocycles. The van der Waals surface area contributed by atoms with E-state index in [9.17, 15) is 4.79 Å². The molecule has 0 saturated carbocycles. The summed E-state index contributed by atoms with van der Waals surface area (Å²) in [5.74, 6) is 0.363. The number of H-pyrrole nitrogens is 1. The number of aryl methyl sites for hydroxylation is 2. The Morgan fingerprint density at radius 2 is 2.21 bits per heavy atom. The molecule has 2 aromatic heterocycles. The van der Waals surface area contributed by atoms with Crippen LogP contribution >= 0.6 is 0 Å². The highest BCUT2D eigenvalue weighted by molar-refractivity contribution is 6.03. The molecular weight excluding hydrogens is 240 g/mol. The summed E-state index contributed by atoms with van der Waals surface area (Å²) in [6, 6.07) is 3.67. The molecule has 0 radical (unpaired) electrons. The second kappa shape index (κ2) is 6.13. The largest absolute Gasteiger partial charge is 0.305 e. The van der Waals surface area contributed by atoms with E-state index in [1.807, 2.05) is 13.0 Å². The molecule has 2 rings (SSSR count). The zero-order valence-electron chi connectivity index (χ0n) is 11.2. The highest BCUT2D eigenvalue weighted by Crippen LogP contribution is 2.10. The highest BCUT2D eigenvalue weighted by atomic mass is 16.1. The lowest BCUT2D eigenvalue weighted by Crippen LogP contribution is -2.12. The fourth-order valence-electron chi connectivity index (χ4n) is 1.79. The van der Waals surface area contributed by atoms with Gasteiger partial charge in [-0.15, -0.1) is 0 Å². The SMILES string of the molecule is CCCCc1cc(NC(=O)c2cncc(C)c2)n[nH]1. The Morgan fingerprint density at radius 3 is 2.95 bits per heavy atom. The van der Waals surface area contributed by atoms with Crippen LogP contribution < -0.4 is 5.32 Å². The second-order valence-corrected chi connectivity index (χ2v) is 4.59. The summed E-state index contributed by atoms with van der Waals surface area (Å²) < 4.78 is 0. The highest BCUT2D eigenvalue weighted by Gasteiger charge is 2.09. The Bertz CT molecular complexity index is 562. The number of carbonyl (C=O) groups excluding carboxylic acids is 1. The molecule has 19 heavy (non-hydrogen) atoms. The van der Waals surface area contributed by atoms with Gasteiger partial charge in [-0.2, -0.15) is 5.10 Å². The van der Waals surface area contributed by atoms with Gasteiger partial charge < -0.3 is 5.32 Å². The van der Waals surface area contributed by atoms with Gasteiger partial charge in [-0.1, -0.05) is 13.3 Å². The number of nitrogens with zero attached hydrogens (tertiary/aromatic N) is 2. The van der Waals surface area contributed by atoms with E-state index in [-0.39, 0.29) is 5.91 Å². The Labute approximate surface area is 112 Å². The van der Waals surface area contributed by atoms with E-state index in [1.54, 1.807) is 18.5 Å². The van der Waals surface area contributed by atoms with Gasteiger partial charge in [0.2, 0.25) is 0 Å². The Balaban J connectivity index is 2.00. The van der Waals surface area contributed by atoms with Crippen LogP contribution in [0.25, 0.3) is 0 Å². The maximum Gasteiger partial charge on any atom is 0.258 e. The predicted octanol–water partition coefficient (Wildman–Crippen LogP) is 2.71. The quantitative estimate of drug-likeness (QED) is 0.866. The number of hydrogen-bond acceptors (Lipinski definition) is 3. The summed E-state index contributed by atoms with van der Waals surface area (Å²) in [6.45, 7) is 4.05. The first kappa shape index (κ1) is 13.3. The van der Waals surface area contributed by atoms with E-state index >= 15 is 0 Å². The number of rotatable bonds is 5. The van der Waals surface area contributed by atoms with Crippen LogP contribution in [-0.4, -0.2) is 21.1 Å². The molecule has 0 bridgehead atoms. The van der Waals surface area contributed by atoms with Crippen molar-refractivity contribution in [3.05, 3.63) is 41.3 Å². The van der Waals surface area contributed by atoms with Gasteiger partial charge in [-0.25, -0.2) is 0 Å². The number of aromatic amines is 1. The molecular formula is C14H18N4O. The standard InChI is InChI=1S/C14H18N4O/c1-3-4-5-12-7-13(18-17-12)16-14(19)11-6-10(2)8-15-9-11/h6-9H,3-5H2,1-2H3,(H2,16,17,18,19). The van der Waals surface area contributed by atoms with Crippen LogP contribution in [0.15, 0.2) is 24.5 Å². The molecule has 0 aliphatic heterocycles. The van der Waals surface area contributed by atoms with Gasteiger partial charge in [0.1, 0.15) is 0 Å². The molecule has 0 aromatic carbocycles. The van der Waals surface area contributed by atoms with Gasteiger partial charge in [0, 0.05) is 24.2 Å². The summed E-state index contributed by atoms with van der Waals surface area (Å²) in [6.07, 6.45) is 6.46. The summed E-state index contributed by atoms with van der Waals surface area (Å²) in [5.41, 5.74) is 2.54. The first-order chi connectivity index (χ1) is 9.19. The average Bonchev–Trinajstić information content (AvgIpc) is 2.84. The number of hydrogen-bond donors (Lipinski definition) is 2. The van der Waals surface area contributed by atoms with Gasteiger partial charge in [0.15, 0.2) is 5.82 Å². The van der Waals surface area contributed by atoms with Crippen molar-refractivity contribution in [1.82, 2.24) is 15.2 Å². The lowest BCUT2D eigenvalue weighted by Gasteiger charge is -2.01. The van der Waals surface area contributed by atoms with Crippen LogP contribution in [0.2, 0.25) is 0 Å². The van der Waals surface area contributed by atoms with Gasteiger partial charge in [-0.3, -0.25) is 14.9 Å². The monoisotopic (exact) mass is 258 g/mol. The van der Waals surface area contributed by atoms with Crippen molar-refractivity contribution in [2.75, 3.05) is 5.32 Å². The van der Waals surface area contributed by atoms with Crippen molar-refractivity contribution >= 4 is 11.7 Å². The van der Waals surface area contributed by atoms with Crippen molar-refractivity contribution in [3.63, 3.8) is 0 Å². The van der Waals surface area contributed by atoms with Crippen LogP contribution in [-0.2, 0) is 6.42 Å². The number of pyridine rings is 1. The number of anilines is 1. The number of nitrogens with one attached hydrogen (secondary N) is 2. The summed E-state index contributed by atoms with van der Waals surface area (Å²) in [5, 5.41) is 9.77. The van der Waals surface area contributed by atoms with Crippen LogP contribution in [0.5, 0.6) is 0 Å². The van der Waals surface area contributed by atoms with E-state index in [0.717, 1.165) is 30.5 Å². The Hall–Kier alpha value is -2.17. The first-order valence-electron chi connectivity index (χ1n) is 6.46. The maximum atomic E-state index is 12.0. The number of unbranched alkanes of at least 4 members (excludes halogenated alkanes) is 1. The molecule has 2 aromatic rings. The minimum atomic E-state index is -0.190. The van der Waals surface area contributed by atoms with E-state index in [2.05, 4.69) is 27.4 Å². The molecule has 0 aliphatic rings. The molecule has 5 heteroatoms. The van der Waals surface area contributed by atoms with Crippen molar-refractivity contribution < 1.29 is 4.79 Å². The maximum absolute atomic E-state index is 12.0. The van der Waals surface area contributed by atoms with Crippen molar-refractivity contribution in [2.24, 2.45) is 0 Å². The van der Waals surface area contributed by atoms with E-state index in [4.69, 9.17) is 0 Å². The van der Waals surface area contributed by atoms with Gasteiger partial charge in [-0.05, 0) is 31.4 Å². The number of aromatic nitrogens is 3. The summed E-state index contributed by atoms with van der Waals surface area (Å²) in [7, 11) is 0. The first-order valence-corrected chi connectivity index (χ1v) is 6.46. The van der Waals surface area contributed by atoms with E-state index in [0.29, 0.717) is 11.4 Å². The molecule has 5 nitrogen and oxygen atoms in total. The lowest BCUT2D eigenvalue weighted by atomic mass is 10.2. The molecule has 0 unspecified atom stereocenters. The van der Waals surface area contributed by atoms with Crippen LogP contribution in [0, 0.1) is 6.92 Å². The van der Waals surface area contributed by atoms with Crippen molar-refractivity contribution in [1.29, 1.82) is 0 Å². The molecule has 1 amide bonds. The van der Waals surface area contributed by atoms with E-state index < -0.39 is 0 Å². The zero-order chi connectivity index (χ0) is 13.7. The third-order valence-corrected chi connectivity index (χ3v) is 2.81. The molecule has 0 saturated heterocycles. The third-order valence-electron chi connectivity index (χ3n) is 2.81. The Kier molecular flexibility index (Phi) is 4.28. The second-order valence-electron chi connectivity index (χ2n) is 4.59. The molecule has 2 heterocycles. The van der Waals surface area contributed by atoms with Gasteiger partial charge in [0.25, 0.3) is 5.91 Å². The summed E-state index contributed by atoms with van der Waals surface area (Å²) >= 11 is 0. The minimum absolute atomic E-state index is 0.190. The fraction of sp³-hybridized carbons (Fsp3) is 0.357. The van der Waals surface area contributed by atoms with Crippen molar-refractivity contribution in [3.8, 4) is 0 Å². The normalized spacial score (nSPS) is 10.4. The average molecular weight is 258 g/mol. The Morgan fingerprint density at radius 1 is 1.37 bits per heavy atom.